The number of aromatic carboxylic acids is 1. The second-order valence-corrected chi connectivity index (χ2v) is 7.48. The Morgan fingerprint density at radius 2 is 1.91 bits per heavy atom. The standard InChI is InChI=1S/C23H21N5O4/c29-22(30)15-13-24-28(14-15)23-26-20-7-6-18(32-17-4-2-1-3-5-17)12-19(20)21(27-23)25-16-8-10-31-11-9-16/h1-7,12-14,16H,8-11H2,(H,29,30)(H,25,26,27). The third-order valence-electron chi connectivity index (χ3n) is 5.23. The number of para-hydroxylation sites is 1. The van der Waals surface area contributed by atoms with Gasteiger partial charge in [0.15, 0.2) is 0 Å². The van der Waals surface area contributed by atoms with E-state index >= 15 is 0 Å². The van der Waals surface area contributed by atoms with Crippen LogP contribution in [0.1, 0.15) is 23.2 Å². The second kappa shape index (κ2) is 8.64. The average Bonchev–Trinajstić information content (AvgIpc) is 3.31. The predicted octanol–water partition coefficient (Wildman–Crippen LogP) is 3.90. The zero-order chi connectivity index (χ0) is 21.9. The van der Waals surface area contributed by atoms with Crippen LogP contribution in [-0.2, 0) is 4.74 Å². The van der Waals surface area contributed by atoms with Gasteiger partial charge >= 0.3 is 5.97 Å². The summed E-state index contributed by atoms with van der Waals surface area (Å²) in [6, 6.07) is 15.4. The molecule has 5 rings (SSSR count). The van der Waals surface area contributed by atoms with Gasteiger partial charge in [0.2, 0.25) is 0 Å². The van der Waals surface area contributed by atoms with E-state index in [-0.39, 0.29) is 17.6 Å². The lowest BCUT2D eigenvalue weighted by Crippen LogP contribution is -2.28. The Morgan fingerprint density at radius 3 is 2.66 bits per heavy atom. The summed E-state index contributed by atoms with van der Waals surface area (Å²) in [4.78, 5) is 20.5. The normalized spacial score (nSPS) is 14.4. The lowest BCUT2D eigenvalue weighted by atomic mass is 10.1. The Labute approximate surface area is 183 Å². The number of hydrogen-bond acceptors (Lipinski definition) is 7. The highest BCUT2D eigenvalue weighted by Crippen LogP contribution is 2.30. The monoisotopic (exact) mass is 431 g/mol. The van der Waals surface area contributed by atoms with E-state index in [4.69, 9.17) is 9.47 Å². The average molecular weight is 431 g/mol. The van der Waals surface area contributed by atoms with Crippen LogP contribution in [0.5, 0.6) is 11.5 Å². The maximum Gasteiger partial charge on any atom is 0.338 e. The molecule has 0 bridgehead atoms. The second-order valence-electron chi connectivity index (χ2n) is 7.48. The van der Waals surface area contributed by atoms with Crippen LogP contribution in [0.25, 0.3) is 16.9 Å². The van der Waals surface area contributed by atoms with Crippen molar-refractivity contribution in [1.82, 2.24) is 19.7 Å². The van der Waals surface area contributed by atoms with Crippen LogP contribution < -0.4 is 10.1 Å². The number of carboxylic acids is 1. The molecule has 0 spiro atoms. The lowest BCUT2D eigenvalue weighted by Gasteiger charge is -2.24. The number of ether oxygens (including phenoxy) is 2. The van der Waals surface area contributed by atoms with Crippen molar-refractivity contribution in [2.45, 2.75) is 18.9 Å². The van der Waals surface area contributed by atoms with Crippen LogP contribution in [0.4, 0.5) is 5.82 Å². The fourth-order valence-corrected chi connectivity index (χ4v) is 3.57. The van der Waals surface area contributed by atoms with Gasteiger partial charge in [-0.2, -0.15) is 10.1 Å². The predicted molar refractivity (Wildman–Crippen MR) is 118 cm³/mol. The number of carboxylic acid groups (broad SMARTS) is 1. The largest absolute Gasteiger partial charge is 0.478 e. The molecule has 32 heavy (non-hydrogen) atoms. The molecule has 2 aromatic carbocycles. The van der Waals surface area contributed by atoms with E-state index in [2.05, 4.69) is 20.4 Å². The Morgan fingerprint density at radius 1 is 1.09 bits per heavy atom. The number of carbonyl (C=O) groups is 1. The molecule has 4 aromatic rings. The molecule has 0 radical (unpaired) electrons. The van der Waals surface area contributed by atoms with Crippen molar-refractivity contribution in [3.8, 4) is 17.4 Å². The zero-order valence-corrected chi connectivity index (χ0v) is 17.1. The first-order chi connectivity index (χ1) is 15.7. The number of hydrogen-bond donors (Lipinski definition) is 2. The minimum absolute atomic E-state index is 0.0687. The molecular formula is C23H21N5O4. The fraction of sp³-hybridized carbons (Fsp3) is 0.217. The van der Waals surface area contributed by atoms with Crippen LogP contribution in [-0.4, -0.2) is 50.1 Å². The van der Waals surface area contributed by atoms with Gasteiger partial charge in [0.05, 0.1) is 17.3 Å². The first-order valence-corrected chi connectivity index (χ1v) is 10.3. The van der Waals surface area contributed by atoms with Crippen LogP contribution in [0.15, 0.2) is 60.9 Å². The summed E-state index contributed by atoms with van der Waals surface area (Å²) >= 11 is 0. The van der Waals surface area contributed by atoms with E-state index in [1.165, 1.54) is 17.1 Å². The van der Waals surface area contributed by atoms with Gasteiger partial charge in [-0.3, -0.25) is 0 Å². The minimum Gasteiger partial charge on any atom is -0.478 e. The van der Waals surface area contributed by atoms with E-state index in [9.17, 15) is 9.90 Å². The summed E-state index contributed by atoms with van der Waals surface area (Å²) in [6.45, 7) is 1.38. The minimum atomic E-state index is -1.06. The molecule has 0 amide bonds. The van der Waals surface area contributed by atoms with E-state index < -0.39 is 5.97 Å². The van der Waals surface area contributed by atoms with E-state index in [1.807, 2.05) is 48.5 Å². The van der Waals surface area contributed by atoms with Crippen LogP contribution in [0.2, 0.25) is 0 Å². The van der Waals surface area contributed by atoms with Gasteiger partial charge in [0.25, 0.3) is 5.95 Å². The summed E-state index contributed by atoms with van der Waals surface area (Å²) in [5, 5.41) is 17.6. The molecule has 9 nitrogen and oxygen atoms in total. The molecule has 1 aliphatic heterocycles. The van der Waals surface area contributed by atoms with E-state index in [0.29, 0.717) is 30.3 Å². The summed E-state index contributed by atoms with van der Waals surface area (Å²) in [6.07, 6.45) is 4.41. The van der Waals surface area contributed by atoms with Gasteiger partial charge in [-0.25, -0.2) is 14.5 Å². The maximum atomic E-state index is 11.2. The number of nitrogens with one attached hydrogen (secondary N) is 1. The zero-order valence-electron chi connectivity index (χ0n) is 17.1. The lowest BCUT2D eigenvalue weighted by molar-refractivity contribution is 0.0697. The first kappa shape index (κ1) is 20.0. The van der Waals surface area contributed by atoms with Gasteiger partial charge in [-0.1, -0.05) is 18.2 Å². The number of rotatable bonds is 6. The van der Waals surface area contributed by atoms with E-state index in [1.54, 1.807) is 0 Å². The first-order valence-electron chi connectivity index (χ1n) is 10.3. The van der Waals surface area contributed by atoms with Gasteiger partial charge in [0.1, 0.15) is 17.3 Å². The molecule has 2 N–H and O–H groups in total. The molecule has 0 saturated carbocycles. The molecule has 1 aliphatic rings. The van der Waals surface area contributed by atoms with Crippen molar-refractivity contribution in [3.05, 3.63) is 66.5 Å². The molecule has 1 saturated heterocycles. The number of aromatic nitrogens is 4. The molecule has 162 valence electrons. The fourth-order valence-electron chi connectivity index (χ4n) is 3.57. The SMILES string of the molecule is O=C(O)c1cnn(-c2nc(NC3CCOCC3)c3cc(Oc4ccccc4)ccc3n2)c1. The molecule has 0 aliphatic carbocycles. The molecule has 2 aromatic heterocycles. The topological polar surface area (TPSA) is 111 Å². The number of anilines is 1. The quantitative estimate of drug-likeness (QED) is 0.473. The van der Waals surface area contributed by atoms with Gasteiger partial charge in [0, 0.05) is 30.8 Å². The number of benzene rings is 2. The molecule has 9 heteroatoms. The van der Waals surface area contributed by atoms with Crippen molar-refractivity contribution in [3.63, 3.8) is 0 Å². The molecular weight excluding hydrogens is 410 g/mol. The highest BCUT2D eigenvalue weighted by Gasteiger charge is 2.18. The van der Waals surface area contributed by atoms with Crippen LogP contribution >= 0.6 is 0 Å². The van der Waals surface area contributed by atoms with Crippen molar-refractivity contribution in [1.29, 1.82) is 0 Å². The summed E-state index contributed by atoms with van der Waals surface area (Å²) in [7, 11) is 0. The third kappa shape index (κ3) is 4.23. The molecule has 1 fully saturated rings. The Balaban J connectivity index is 1.55. The number of fused-ring (bicyclic) bond motifs is 1. The molecule has 3 heterocycles. The molecule has 0 atom stereocenters. The summed E-state index contributed by atoms with van der Waals surface area (Å²) in [5.41, 5.74) is 0.761. The highest BCUT2D eigenvalue weighted by molar-refractivity contribution is 5.91. The van der Waals surface area contributed by atoms with Crippen molar-refractivity contribution in [2.75, 3.05) is 18.5 Å². The summed E-state index contributed by atoms with van der Waals surface area (Å²) < 4.78 is 12.8. The molecule has 0 unspecified atom stereocenters. The smallest absolute Gasteiger partial charge is 0.338 e. The van der Waals surface area contributed by atoms with Crippen molar-refractivity contribution < 1.29 is 19.4 Å². The van der Waals surface area contributed by atoms with Crippen molar-refractivity contribution >= 4 is 22.7 Å². The Hall–Kier alpha value is -3.98. The maximum absolute atomic E-state index is 11.2. The van der Waals surface area contributed by atoms with Gasteiger partial charge < -0.3 is 19.9 Å². The van der Waals surface area contributed by atoms with Crippen LogP contribution in [0.3, 0.4) is 0 Å². The summed E-state index contributed by atoms with van der Waals surface area (Å²) in [5.74, 6) is 1.28. The van der Waals surface area contributed by atoms with Crippen LogP contribution in [0, 0.1) is 0 Å². The third-order valence-corrected chi connectivity index (χ3v) is 5.23. The number of nitrogens with zero attached hydrogens (tertiary/aromatic N) is 4. The van der Waals surface area contributed by atoms with E-state index in [0.717, 1.165) is 24.0 Å². The Bertz CT molecular complexity index is 1250. The Kier molecular flexibility index (Phi) is 5.39. The highest BCUT2D eigenvalue weighted by atomic mass is 16.5. The van der Waals surface area contributed by atoms with Gasteiger partial charge in [-0.05, 0) is 43.2 Å². The van der Waals surface area contributed by atoms with Crippen molar-refractivity contribution in [2.24, 2.45) is 0 Å². The van der Waals surface area contributed by atoms with Gasteiger partial charge in [-0.15, -0.1) is 0 Å².